The average molecular weight is 443 g/mol. The van der Waals surface area contributed by atoms with Crippen LogP contribution in [-0.2, 0) is 6.54 Å². The molecule has 0 aromatic heterocycles. The highest BCUT2D eigenvalue weighted by Gasteiger charge is 2.38. The average Bonchev–Trinajstić information content (AvgIpc) is 2.66. The lowest BCUT2D eigenvalue weighted by Gasteiger charge is -2.48. The fraction of sp³-hybridized carbons (Fsp3) is 0.273. The first-order valence-corrected chi connectivity index (χ1v) is 10.2. The monoisotopic (exact) mass is 443 g/mol. The number of ether oxygens (including phenoxy) is 1. The van der Waals surface area contributed by atoms with Gasteiger partial charge < -0.3 is 4.74 Å². The molecule has 1 heterocycles. The molecule has 0 bridgehead atoms. The van der Waals surface area contributed by atoms with E-state index < -0.39 is 0 Å². The van der Waals surface area contributed by atoms with Crippen LogP contribution in [0.4, 0.5) is 0 Å². The van der Waals surface area contributed by atoms with E-state index in [4.69, 9.17) is 4.74 Å². The summed E-state index contributed by atoms with van der Waals surface area (Å²) in [6.45, 7) is 0.995. The molecule has 0 amide bonds. The quantitative estimate of drug-likeness (QED) is 0.376. The Bertz CT molecular complexity index is 861. The Balaban J connectivity index is 1.57. The third kappa shape index (κ3) is 3.40. The fourth-order valence-corrected chi connectivity index (χ4v) is 4.59. The van der Waals surface area contributed by atoms with Crippen molar-refractivity contribution in [1.82, 2.24) is 4.90 Å². The predicted octanol–water partition coefficient (Wildman–Crippen LogP) is 5.60. The minimum atomic E-state index is 0.520. The van der Waals surface area contributed by atoms with Crippen LogP contribution in [0, 0.1) is 0 Å². The molecule has 0 N–H and O–H groups in total. The number of halogens is 1. The number of methoxy groups -OCH3 is 1. The van der Waals surface area contributed by atoms with Gasteiger partial charge in [-0.25, -0.2) is 0 Å². The maximum atomic E-state index is 5.27. The van der Waals surface area contributed by atoms with E-state index in [0.717, 1.165) is 12.3 Å². The topological polar surface area (TPSA) is 12.5 Å². The lowest BCUT2D eigenvalue weighted by Crippen LogP contribution is -2.50. The third-order valence-electron chi connectivity index (χ3n) is 5.23. The number of rotatable bonds is 5. The molecule has 1 aliphatic heterocycles. The van der Waals surface area contributed by atoms with Gasteiger partial charge in [0.2, 0.25) is 0 Å². The molecule has 1 aliphatic rings. The van der Waals surface area contributed by atoms with Gasteiger partial charge in [-0.05, 0) is 46.5 Å². The van der Waals surface area contributed by atoms with E-state index in [9.17, 15) is 0 Å². The Morgan fingerprint density at radius 2 is 1.76 bits per heavy atom. The normalized spacial score (nSPS) is 20.4. The van der Waals surface area contributed by atoms with Gasteiger partial charge in [0.25, 0.3) is 0 Å². The lowest BCUT2D eigenvalue weighted by molar-refractivity contribution is 0.0211. The van der Waals surface area contributed by atoms with Crippen molar-refractivity contribution < 1.29 is 4.74 Å². The van der Waals surface area contributed by atoms with Crippen LogP contribution >= 0.6 is 22.6 Å². The van der Waals surface area contributed by atoms with Gasteiger partial charge in [-0.3, -0.25) is 4.90 Å². The SMILES string of the molecule is COc1ccc(CN2[C@H](CI)C[C@@H]2c2ccc3ccccc3c2)cc1. The zero-order valence-corrected chi connectivity index (χ0v) is 16.5. The lowest BCUT2D eigenvalue weighted by atomic mass is 9.86. The Hall–Kier alpha value is -1.59. The molecule has 0 saturated carbocycles. The van der Waals surface area contributed by atoms with Crippen LogP contribution in [0.5, 0.6) is 5.75 Å². The fourth-order valence-electron chi connectivity index (χ4n) is 3.72. The van der Waals surface area contributed by atoms with Crippen LogP contribution in [0.25, 0.3) is 10.8 Å². The van der Waals surface area contributed by atoms with Crippen LogP contribution in [0.15, 0.2) is 66.7 Å². The van der Waals surface area contributed by atoms with Crippen molar-refractivity contribution in [3.63, 3.8) is 0 Å². The van der Waals surface area contributed by atoms with Crippen molar-refractivity contribution in [2.75, 3.05) is 11.5 Å². The Labute approximate surface area is 162 Å². The van der Waals surface area contributed by atoms with Crippen LogP contribution < -0.4 is 4.74 Å². The highest BCUT2D eigenvalue weighted by molar-refractivity contribution is 14.1. The molecule has 128 valence electrons. The molecule has 4 rings (SSSR count). The standard InChI is InChI=1S/C22H22INO/c1-25-21-10-6-16(7-11-21)15-24-20(14-23)13-22(24)19-9-8-17-4-2-3-5-18(17)12-19/h2-12,20,22H,13-15H2,1H3/t20-,22+/m0/s1. The van der Waals surface area contributed by atoms with Crippen molar-refractivity contribution in [1.29, 1.82) is 0 Å². The zero-order chi connectivity index (χ0) is 17.2. The first kappa shape index (κ1) is 16.9. The third-order valence-corrected chi connectivity index (χ3v) is 6.24. The second-order valence-electron chi connectivity index (χ2n) is 6.69. The Morgan fingerprint density at radius 3 is 2.48 bits per heavy atom. The largest absolute Gasteiger partial charge is 0.497 e. The molecule has 0 radical (unpaired) electrons. The summed E-state index contributed by atoms with van der Waals surface area (Å²) in [4.78, 5) is 2.64. The summed E-state index contributed by atoms with van der Waals surface area (Å²) in [6, 6.07) is 25.2. The van der Waals surface area contributed by atoms with Gasteiger partial charge in [0.1, 0.15) is 5.75 Å². The zero-order valence-electron chi connectivity index (χ0n) is 14.4. The molecule has 0 aliphatic carbocycles. The summed E-state index contributed by atoms with van der Waals surface area (Å²) < 4.78 is 6.45. The van der Waals surface area contributed by atoms with E-state index in [0.29, 0.717) is 12.1 Å². The first-order chi connectivity index (χ1) is 12.3. The summed E-state index contributed by atoms with van der Waals surface area (Å²) in [6.07, 6.45) is 1.25. The second kappa shape index (κ2) is 7.34. The first-order valence-electron chi connectivity index (χ1n) is 8.72. The number of likely N-dealkylation sites (tertiary alicyclic amines) is 1. The minimum absolute atomic E-state index is 0.520. The molecule has 3 heteroatoms. The molecular weight excluding hydrogens is 421 g/mol. The molecule has 1 saturated heterocycles. The number of hydrogen-bond donors (Lipinski definition) is 0. The van der Waals surface area contributed by atoms with Crippen molar-refractivity contribution >= 4 is 33.4 Å². The maximum absolute atomic E-state index is 5.27. The molecule has 2 nitrogen and oxygen atoms in total. The van der Waals surface area contributed by atoms with Crippen molar-refractivity contribution in [3.05, 3.63) is 77.9 Å². The van der Waals surface area contributed by atoms with Crippen molar-refractivity contribution in [3.8, 4) is 5.75 Å². The Kier molecular flexibility index (Phi) is 4.95. The van der Waals surface area contributed by atoms with E-state index in [2.05, 4.69) is 94.2 Å². The molecule has 1 fully saturated rings. The molecule has 2 atom stereocenters. The van der Waals surface area contributed by atoms with Gasteiger partial charge in [-0.2, -0.15) is 0 Å². The van der Waals surface area contributed by atoms with E-state index in [1.54, 1.807) is 7.11 Å². The number of fused-ring (bicyclic) bond motifs is 1. The van der Waals surface area contributed by atoms with Crippen LogP contribution in [0.3, 0.4) is 0 Å². The highest BCUT2D eigenvalue weighted by atomic mass is 127. The van der Waals surface area contributed by atoms with Gasteiger partial charge in [0.05, 0.1) is 7.11 Å². The highest BCUT2D eigenvalue weighted by Crippen LogP contribution is 2.41. The number of alkyl halides is 1. The Morgan fingerprint density at radius 1 is 1.00 bits per heavy atom. The molecule has 3 aromatic rings. The minimum Gasteiger partial charge on any atom is -0.497 e. The maximum Gasteiger partial charge on any atom is 0.118 e. The van der Waals surface area contributed by atoms with Gasteiger partial charge in [0, 0.05) is 23.1 Å². The van der Waals surface area contributed by atoms with Crippen LogP contribution in [0.1, 0.15) is 23.6 Å². The molecule has 0 unspecified atom stereocenters. The summed E-state index contributed by atoms with van der Waals surface area (Å²) >= 11 is 2.52. The van der Waals surface area contributed by atoms with E-state index in [-0.39, 0.29) is 0 Å². The second-order valence-corrected chi connectivity index (χ2v) is 7.57. The molecule has 3 aromatic carbocycles. The van der Waals surface area contributed by atoms with Crippen LogP contribution in [-0.4, -0.2) is 22.5 Å². The van der Waals surface area contributed by atoms with E-state index >= 15 is 0 Å². The molecule has 25 heavy (non-hydrogen) atoms. The predicted molar refractivity (Wildman–Crippen MR) is 113 cm³/mol. The number of nitrogens with zero attached hydrogens (tertiary/aromatic N) is 1. The smallest absolute Gasteiger partial charge is 0.118 e. The summed E-state index contributed by atoms with van der Waals surface area (Å²) in [7, 11) is 1.71. The summed E-state index contributed by atoms with van der Waals surface area (Å²) in [5, 5.41) is 2.65. The molecule has 0 spiro atoms. The van der Waals surface area contributed by atoms with Crippen LogP contribution in [0.2, 0.25) is 0 Å². The van der Waals surface area contributed by atoms with Crippen molar-refractivity contribution in [2.24, 2.45) is 0 Å². The summed E-state index contributed by atoms with van der Waals surface area (Å²) in [5.74, 6) is 0.920. The number of hydrogen-bond acceptors (Lipinski definition) is 2. The van der Waals surface area contributed by atoms with Gasteiger partial charge in [-0.15, -0.1) is 0 Å². The molecular formula is C22H22INO. The van der Waals surface area contributed by atoms with Gasteiger partial charge in [0.15, 0.2) is 0 Å². The van der Waals surface area contributed by atoms with Crippen molar-refractivity contribution in [2.45, 2.75) is 25.0 Å². The van der Waals surface area contributed by atoms with Gasteiger partial charge >= 0.3 is 0 Å². The summed E-state index contributed by atoms with van der Waals surface area (Å²) in [5.41, 5.74) is 2.79. The van der Waals surface area contributed by atoms with E-state index in [1.807, 2.05) is 0 Å². The number of benzene rings is 3. The van der Waals surface area contributed by atoms with Gasteiger partial charge in [-0.1, -0.05) is 71.1 Å². The van der Waals surface area contributed by atoms with E-state index in [1.165, 1.54) is 32.7 Å².